The van der Waals surface area contributed by atoms with Gasteiger partial charge >= 0.3 is 0 Å². The van der Waals surface area contributed by atoms with Gasteiger partial charge in [0.05, 0.1) is 0 Å². The molecule has 1 aromatic heterocycles. The first kappa shape index (κ1) is 10.2. The second-order valence-electron chi connectivity index (χ2n) is 3.16. The van der Waals surface area contributed by atoms with Crippen LogP contribution in [-0.4, -0.2) is 10.1 Å². The van der Waals surface area contributed by atoms with Gasteiger partial charge in [0.25, 0.3) is 0 Å². The quantitative estimate of drug-likeness (QED) is 0.670. The van der Waals surface area contributed by atoms with Gasteiger partial charge in [-0.15, -0.1) is 0 Å². The third-order valence-electron chi connectivity index (χ3n) is 2.25. The van der Waals surface area contributed by atoms with Gasteiger partial charge in [-0.2, -0.15) is 4.98 Å². The first-order chi connectivity index (χ1) is 6.36. The number of aromatic nitrogens is 2. The van der Waals surface area contributed by atoms with Crippen LogP contribution in [0, 0.1) is 6.92 Å². The highest BCUT2D eigenvalue weighted by atomic mass is 16.5. The van der Waals surface area contributed by atoms with Crippen molar-refractivity contribution in [2.24, 2.45) is 0 Å². The molecule has 0 atom stereocenters. The largest absolute Gasteiger partial charge is 0.339 e. The van der Waals surface area contributed by atoms with Crippen molar-refractivity contribution in [3.63, 3.8) is 0 Å². The van der Waals surface area contributed by atoms with Crippen LogP contribution in [0.5, 0.6) is 0 Å². The van der Waals surface area contributed by atoms with Crippen molar-refractivity contribution in [3.05, 3.63) is 11.7 Å². The van der Waals surface area contributed by atoms with Crippen LogP contribution < -0.4 is 0 Å². The average Bonchev–Trinajstić information content (AvgIpc) is 2.77. The SMILES string of the molecule is CC.Cc1noc(C2CCCC2)n1. The van der Waals surface area contributed by atoms with E-state index < -0.39 is 0 Å². The van der Waals surface area contributed by atoms with E-state index in [9.17, 15) is 0 Å². The lowest BCUT2D eigenvalue weighted by Crippen LogP contribution is -1.91. The maximum atomic E-state index is 5.09. The van der Waals surface area contributed by atoms with Crippen LogP contribution in [0.15, 0.2) is 4.52 Å². The molecule has 1 fully saturated rings. The Labute approximate surface area is 79.5 Å². The Bertz CT molecular complexity index is 239. The van der Waals surface area contributed by atoms with Crippen molar-refractivity contribution < 1.29 is 4.52 Å². The predicted octanol–water partition coefficient (Wildman–Crippen LogP) is 3.06. The lowest BCUT2D eigenvalue weighted by atomic mass is 10.1. The Kier molecular flexibility index (Phi) is 3.93. The van der Waals surface area contributed by atoms with Gasteiger partial charge in [-0.1, -0.05) is 31.8 Å². The van der Waals surface area contributed by atoms with Crippen LogP contribution in [0.4, 0.5) is 0 Å². The summed E-state index contributed by atoms with van der Waals surface area (Å²) in [5, 5.41) is 3.78. The van der Waals surface area contributed by atoms with E-state index >= 15 is 0 Å². The van der Waals surface area contributed by atoms with E-state index in [1.165, 1.54) is 25.7 Å². The molecular weight excluding hydrogens is 164 g/mol. The van der Waals surface area contributed by atoms with Gasteiger partial charge in [0, 0.05) is 5.92 Å². The molecule has 3 heteroatoms. The second-order valence-corrected chi connectivity index (χ2v) is 3.16. The number of nitrogens with zero attached hydrogens (tertiary/aromatic N) is 2. The minimum atomic E-state index is 0.552. The predicted molar refractivity (Wildman–Crippen MR) is 51.6 cm³/mol. The number of hydrogen-bond acceptors (Lipinski definition) is 3. The third-order valence-corrected chi connectivity index (χ3v) is 2.25. The van der Waals surface area contributed by atoms with Crippen LogP contribution in [0.25, 0.3) is 0 Å². The Morgan fingerprint density at radius 2 is 1.85 bits per heavy atom. The fourth-order valence-corrected chi connectivity index (χ4v) is 1.65. The van der Waals surface area contributed by atoms with E-state index in [1.807, 2.05) is 20.8 Å². The molecule has 1 aromatic rings. The zero-order valence-corrected chi connectivity index (χ0v) is 8.71. The summed E-state index contributed by atoms with van der Waals surface area (Å²) in [6.45, 7) is 5.86. The van der Waals surface area contributed by atoms with E-state index in [-0.39, 0.29) is 0 Å². The highest BCUT2D eigenvalue weighted by Gasteiger charge is 2.21. The standard InChI is InChI=1S/C8H12N2O.C2H6/c1-6-9-8(11-10-6)7-4-2-3-5-7;1-2/h7H,2-5H2,1H3;1-2H3. The molecule has 1 aliphatic rings. The maximum Gasteiger partial charge on any atom is 0.229 e. The van der Waals surface area contributed by atoms with Gasteiger partial charge in [0.1, 0.15) is 0 Å². The summed E-state index contributed by atoms with van der Waals surface area (Å²) in [6.07, 6.45) is 5.07. The highest BCUT2D eigenvalue weighted by molar-refractivity contribution is 4.94. The molecule has 1 aliphatic carbocycles. The molecule has 0 bridgehead atoms. The van der Waals surface area contributed by atoms with E-state index in [2.05, 4.69) is 10.1 Å². The number of aryl methyl sites for hydroxylation is 1. The average molecular weight is 182 g/mol. The van der Waals surface area contributed by atoms with Gasteiger partial charge in [-0.25, -0.2) is 0 Å². The van der Waals surface area contributed by atoms with E-state index in [0.717, 1.165) is 11.7 Å². The molecule has 0 aromatic carbocycles. The summed E-state index contributed by atoms with van der Waals surface area (Å²) >= 11 is 0. The normalized spacial score (nSPS) is 16.8. The van der Waals surface area contributed by atoms with E-state index in [4.69, 9.17) is 4.52 Å². The summed E-state index contributed by atoms with van der Waals surface area (Å²) in [5.41, 5.74) is 0. The molecule has 13 heavy (non-hydrogen) atoms. The first-order valence-electron chi connectivity index (χ1n) is 5.16. The van der Waals surface area contributed by atoms with Crippen molar-refractivity contribution in [1.82, 2.24) is 10.1 Å². The summed E-state index contributed by atoms with van der Waals surface area (Å²) in [5.74, 6) is 2.16. The molecule has 0 spiro atoms. The summed E-state index contributed by atoms with van der Waals surface area (Å²) in [4.78, 5) is 4.21. The molecule has 0 radical (unpaired) electrons. The van der Waals surface area contributed by atoms with E-state index in [0.29, 0.717) is 5.92 Å². The zero-order valence-electron chi connectivity index (χ0n) is 8.71. The highest BCUT2D eigenvalue weighted by Crippen LogP contribution is 2.32. The molecule has 74 valence electrons. The lowest BCUT2D eigenvalue weighted by Gasteiger charge is -1.98. The summed E-state index contributed by atoms with van der Waals surface area (Å²) in [6, 6.07) is 0. The molecule has 2 rings (SSSR count). The van der Waals surface area contributed by atoms with Crippen LogP contribution >= 0.6 is 0 Å². The van der Waals surface area contributed by atoms with Crippen LogP contribution in [0.3, 0.4) is 0 Å². The minimum absolute atomic E-state index is 0.552. The minimum Gasteiger partial charge on any atom is -0.339 e. The third kappa shape index (κ3) is 2.54. The summed E-state index contributed by atoms with van der Waals surface area (Å²) in [7, 11) is 0. The Morgan fingerprint density at radius 1 is 1.23 bits per heavy atom. The van der Waals surface area contributed by atoms with Crippen molar-refractivity contribution in [2.45, 2.75) is 52.4 Å². The molecule has 0 N–H and O–H groups in total. The smallest absolute Gasteiger partial charge is 0.229 e. The summed E-state index contributed by atoms with van der Waals surface area (Å²) < 4.78 is 5.09. The number of hydrogen-bond donors (Lipinski definition) is 0. The Morgan fingerprint density at radius 3 is 2.31 bits per heavy atom. The molecule has 0 amide bonds. The molecule has 0 saturated heterocycles. The lowest BCUT2D eigenvalue weighted by molar-refractivity contribution is 0.351. The van der Waals surface area contributed by atoms with Crippen LogP contribution in [0.1, 0.15) is 57.2 Å². The number of rotatable bonds is 1. The first-order valence-corrected chi connectivity index (χ1v) is 5.16. The van der Waals surface area contributed by atoms with Crippen molar-refractivity contribution in [3.8, 4) is 0 Å². The molecule has 1 heterocycles. The van der Waals surface area contributed by atoms with Gasteiger partial charge in [0.2, 0.25) is 5.89 Å². The van der Waals surface area contributed by atoms with Gasteiger partial charge < -0.3 is 4.52 Å². The Balaban J connectivity index is 0.000000396. The van der Waals surface area contributed by atoms with E-state index in [1.54, 1.807) is 0 Å². The van der Waals surface area contributed by atoms with Gasteiger partial charge in [-0.3, -0.25) is 0 Å². The molecule has 1 saturated carbocycles. The van der Waals surface area contributed by atoms with Crippen molar-refractivity contribution in [2.75, 3.05) is 0 Å². The monoisotopic (exact) mass is 182 g/mol. The molecule has 3 nitrogen and oxygen atoms in total. The topological polar surface area (TPSA) is 38.9 Å². The molecule has 0 aliphatic heterocycles. The zero-order chi connectivity index (χ0) is 9.68. The van der Waals surface area contributed by atoms with Crippen LogP contribution in [-0.2, 0) is 0 Å². The fraction of sp³-hybridized carbons (Fsp3) is 0.800. The fourth-order valence-electron chi connectivity index (χ4n) is 1.65. The second kappa shape index (κ2) is 5.00. The molecule has 0 unspecified atom stereocenters. The maximum absolute atomic E-state index is 5.09. The van der Waals surface area contributed by atoms with Crippen LogP contribution in [0.2, 0.25) is 0 Å². The van der Waals surface area contributed by atoms with Gasteiger partial charge in [0.15, 0.2) is 5.82 Å². The van der Waals surface area contributed by atoms with Gasteiger partial charge in [-0.05, 0) is 19.8 Å². The van der Waals surface area contributed by atoms with Crippen molar-refractivity contribution >= 4 is 0 Å². The van der Waals surface area contributed by atoms with Crippen molar-refractivity contribution in [1.29, 1.82) is 0 Å². The molecular formula is C10H18N2O. The Hall–Kier alpha value is -0.860.